The van der Waals surface area contributed by atoms with Crippen molar-refractivity contribution in [1.82, 2.24) is 4.90 Å². The molecule has 2 aromatic rings. The summed E-state index contributed by atoms with van der Waals surface area (Å²) in [6.07, 6.45) is 1.80. The fraction of sp³-hybridized carbons (Fsp3) is 0.400. The van der Waals surface area contributed by atoms with Crippen LogP contribution in [0.5, 0.6) is 17.2 Å². The predicted octanol–water partition coefficient (Wildman–Crippen LogP) is 3.19. The van der Waals surface area contributed by atoms with Gasteiger partial charge in [0.1, 0.15) is 12.4 Å². The van der Waals surface area contributed by atoms with Crippen LogP contribution in [0.1, 0.15) is 5.56 Å². The van der Waals surface area contributed by atoms with Crippen molar-refractivity contribution in [3.05, 3.63) is 47.8 Å². The van der Waals surface area contributed by atoms with Crippen molar-refractivity contribution in [3.63, 3.8) is 0 Å². The van der Waals surface area contributed by atoms with Gasteiger partial charge in [-0.15, -0.1) is 12.4 Å². The zero-order valence-electron chi connectivity index (χ0n) is 17.5. The third-order valence-corrected chi connectivity index (χ3v) is 4.80. The van der Waals surface area contributed by atoms with Crippen LogP contribution in [0.25, 0.3) is 0 Å². The number of sulfonamides is 1. The number of likely N-dealkylation sites (N-methyl/N-ethyl adjacent to an activating group) is 1. The highest BCUT2D eigenvalue weighted by Gasteiger charge is 2.09. The third kappa shape index (κ3) is 8.25. The molecule has 2 aromatic carbocycles. The Bertz CT molecular complexity index is 927. The van der Waals surface area contributed by atoms with Gasteiger partial charge in [-0.25, -0.2) is 12.8 Å². The summed E-state index contributed by atoms with van der Waals surface area (Å²) in [5.41, 5.74) is 1.03. The Labute approximate surface area is 183 Å². The first-order valence-corrected chi connectivity index (χ1v) is 10.9. The molecule has 0 aliphatic heterocycles. The highest BCUT2D eigenvalue weighted by Crippen LogP contribution is 2.27. The van der Waals surface area contributed by atoms with Gasteiger partial charge in [-0.05, 0) is 43.3 Å². The molecule has 168 valence electrons. The van der Waals surface area contributed by atoms with Crippen LogP contribution in [0.3, 0.4) is 0 Å². The highest BCUT2D eigenvalue weighted by molar-refractivity contribution is 7.92. The summed E-state index contributed by atoms with van der Waals surface area (Å²) in [7, 11) is 1.66. The number of benzene rings is 2. The normalized spacial score (nSPS) is 11.0. The summed E-state index contributed by atoms with van der Waals surface area (Å²) in [6, 6.07) is 9.87. The zero-order valence-corrected chi connectivity index (χ0v) is 19.1. The fourth-order valence-electron chi connectivity index (χ4n) is 2.66. The van der Waals surface area contributed by atoms with Crippen LogP contribution in [0.15, 0.2) is 36.4 Å². The van der Waals surface area contributed by atoms with E-state index in [0.29, 0.717) is 30.4 Å². The Balaban J connectivity index is 0.00000450. The second kappa shape index (κ2) is 11.8. The van der Waals surface area contributed by atoms with E-state index in [9.17, 15) is 12.8 Å². The van der Waals surface area contributed by atoms with Crippen LogP contribution >= 0.6 is 12.4 Å². The standard InChI is InChI=1S/C20H27FN2O5S.ClH/c1-23(10-9-15-5-8-19(26-2)20(13-15)27-3)11-12-28-16-6-7-18(17(21)14-16)22-29(4,24)25;/h5-8,13-14,22H,9-12H2,1-4H3;1H. The second-order valence-electron chi connectivity index (χ2n) is 6.61. The number of rotatable bonds is 11. The van der Waals surface area contributed by atoms with Crippen molar-refractivity contribution in [2.24, 2.45) is 0 Å². The molecule has 2 rings (SSSR count). The number of ether oxygens (including phenoxy) is 3. The Morgan fingerprint density at radius 1 is 1.03 bits per heavy atom. The third-order valence-electron chi connectivity index (χ3n) is 4.21. The average molecular weight is 463 g/mol. The number of nitrogens with zero attached hydrogens (tertiary/aromatic N) is 1. The number of anilines is 1. The molecule has 7 nitrogen and oxygen atoms in total. The van der Waals surface area contributed by atoms with Crippen molar-refractivity contribution in [2.75, 3.05) is 51.9 Å². The van der Waals surface area contributed by atoms with Crippen molar-refractivity contribution >= 4 is 28.1 Å². The summed E-state index contributed by atoms with van der Waals surface area (Å²) in [6.45, 7) is 1.84. The summed E-state index contributed by atoms with van der Waals surface area (Å²) in [4.78, 5) is 2.10. The van der Waals surface area contributed by atoms with E-state index in [2.05, 4.69) is 9.62 Å². The topological polar surface area (TPSA) is 77.1 Å². The van der Waals surface area contributed by atoms with Crippen LogP contribution in [0.4, 0.5) is 10.1 Å². The quantitative estimate of drug-likeness (QED) is 0.552. The molecular formula is C20H28ClFN2O5S. The van der Waals surface area contributed by atoms with Crippen LogP contribution in [0.2, 0.25) is 0 Å². The van der Waals surface area contributed by atoms with Crippen molar-refractivity contribution < 1.29 is 27.0 Å². The first-order valence-electron chi connectivity index (χ1n) is 9.01. The summed E-state index contributed by atoms with van der Waals surface area (Å²) in [5.74, 6) is 1.05. The lowest BCUT2D eigenvalue weighted by Crippen LogP contribution is -2.26. The van der Waals surface area contributed by atoms with E-state index >= 15 is 0 Å². The smallest absolute Gasteiger partial charge is 0.229 e. The molecule has 0 bridgehead atoms. The molecule has 0 heterocycles. The second-order valence-corrected chi connectivity index (χ2v) is 8.36. The van der Waals surface area contributed by atoms with E-state index in [1.54, 1.807) is 14.2 Å². The van der Waals surface area contributed by atoms with Crippen LogP contribution in [-0.2, 0) is 16.4 Å². The monoisotopic (exact) mass is 462 g/mol. The van der Waals surface area contributed by atoms with Crippen LogP contribution in [-0.4, -0.2) is 60.5 Å². The first kappa shape index (κ1) is 25.8. The van der Waals surface area contributed by atoms with Gasteiger partial charge >= 0.3 is 0 Å². The fourth-order valence-corrected chi connectivity index (χ4v) is 3.22. The van der Waals surface area contributed by atoms with Crippen molar-refractivity contribution in [3.8, 4) is 17.2 Å². The number of nitrogens with one attached hydrogen (secondary N) is 1. The molecule has 30 heavy (non-hydrogen) atoms. The van der Waals surface area contributed by atoms with Gasteiger partial charge in [-0.3, -0.25) is 4.72 Å². The Morgan fingerprint density at radius 3 is 2.33 bits per heavy atom. The van der Waals surface area contributed by atoms with Gasteiger partial charge in [0.25, 0.3) is 0 Å². The molecule has 0 saturated carbocycles. The van der Waals surface area contributed by atoms with Gasteiger partial charge in [0.2, 0.25) is 10.0 Å². The van der Waals surface area contributed by atoms with Crippen molar-refractivity contribution in [1.29, 1.82) is 0 Å². The van der Waals surface area contributed by atoms with Crippen molar-refractivity contribution in [2.45, 2.75) is 6.42 Å². The Morgan fingerprint density at radius 2 is 1.73 bits per heavy atom. The lowest BCUT2D eigenvalue weighted by Gasteiger charge is -2.17. The number of halogens is 2. The number of hydrogen-bond acceptors (Lipinski definition) is 6. The van der Waals surface area contributed by atoms with Gasteiger partial charge in [0, 0.05) is 19.2 Å². The molecule has 0 saturated heterocycles. The molecule has 0 amide bonds. The maximum Gasteiger partial charge on any atom is 0.229 e. The van der Waals surface area contributed by atoms with Gasteiger partial charge < -0.3 is 19.1 Å². The zero-order chi connectivity index (χ0) is 21.4. The van der Waals surface area contributed by atoms with E-state index in [1.807, 2.05) is 25.2 Å². The maximum atomic E-state index is 14.0. The largest absolute Gasteiger partial charge is 0.493 e. The molecule has 0 atom stereocenters. The maximum absolute atomic E-state index is 14.0. The summed E-state index contributed by atoms with van der Waals surface area (Å²) < 4.78 is 54.6. The van der Waals surface area contributed by atoms with Gasteiger partial charge in [0.05, 0.1) is 26.2 Å². The number of methoxy groups -OCH3 is 2. The molecule has 1 N–H and O–H groups in total. The van der Waals surface area contributed by atoms with Gasteiger partial charge in [-0.1, -0.05) is 6.07 Å². The van der Waals surface area contributed by atoms with E-state index in [1.165, 1.54) is 12.1 Å². The van der Waals surface area contributed by atoms with Crippen LogP contribution in [0, 0.1) is 5.82 Å². The summed E-state index contributed by atoms with van der Waals surface area (Å²) >= 11 is 0. The average Bonchev–Trinajstić information content (AvgIpc) is 2.67. The molecule has 0 aliphatic rings. The molecule has 0 unspecified atom stereocenters. The van der Waals surface area contributed by atoms with E-state index in [-0.39, 0.29) is 18.1 Å². The molecule has 0 spiro atoms. The lowest BCUT2D eigenvalue weighted by atomic mass is 10.1. The molecule has 0 aromatic heterocycles. The van der Waals surface area contributed by atoms with E-state index in [0.717, 1.165) is 30.9 Å². The summed E-state index contributed by atoms with van der Waals surface area (Å²) in [5, 5.41) is 0. The predicted molar refractivity (Wildman–Crippen MR) is 118 cm³/mol. The highest BCUT2D eigenvalue weighted by atomic mass is 35.5. The Hall–Kier alpha value is -2.23. The molecule has 0 radical (unpaired) electrons. The minimum Gasteiger partial charge on any atom is -0.493 e. The minimum absolute atomic E-state index is 0. The molecule has 10 heteroatoms. The van der Waals surface area contributed by atoms with E-state index < -0.39 is 15.8 Å². The first-order chi connectivity index (χ1) is 13.7. The molecule has 0 aliphatic carbocycles. The van der Waals surface area contributed by atoms with Crippen LogP contribution < -0.4 is 18.9 Å². The minimum atomic E-state index is -3.53. The Kier molecular flexibility index (Phi) is 10.2. The SMILES string of the molecule is COc1ccc(CCN(C)CCOc2ccc(NS(C)(=O)=O)c(F)c2)cc1OC.Cl. The number of hydrogen-bond donors (Lipinski definition) is 1. The van der Waals surface area contributed by atoms with E-state index in [4.69, 9.17) is 14.2 Å². The van der Waals surface area contributed by atoms with Gasteiger partial charge in [0.15, 0.2) is 17.3 Å². The lowest BCUT2D eigenvalue weighted by molar-refractivity contribution is 0.238. The molecular weight excluding hydrogens is 435 g/mol. The molecule has 0 fully saturated rings. The van der Waals surface area contributed by atoms with Gasteiger partial charge in [-0.2, -0.15) is 0 Å².